The second-order valence-electron chi connectivity index (χ2n) is 6.04. The van der Waals surface area contributed by atoms with Crippen molar-refractivity contribution in [2.45, 2.75) is 59.5 Å². The number of carbonyl (C=O) groups excluding carboxylic acids is 1. The Kier molecular flexibility index (Phi) is 5.39. The predicted octanol–water partition coefficient (Wildman–Crippen LogP) is 1.80. The van der Waals surface area contributed by atoms with Crippen LogP contribution in [-0.4, -0.2) is 46.3 Å². The zero-order valence-corrected chi connectivity index (χ0v) is 13.8. The third kappa shape index (κ3) is 3.84. The fraction of sp³-hybridized carbons (Fsp3) is 0.750. The molecule has 1 aromatic heterocycles. The first-order valence-electron chi connectivity index (χ1n) is 8.04. The van der Waals surface area contributed by atoms with Crippen molar-refractivity contribution in [3.63, 3.8) is 0 Å². The van der Waals surface area contributed by atoms with Gasteiger partial charge in [0, 0.05) is 18.3 Å². The van der Waals surface area contributed by atoms with Gasteiger partial charge in [0.25, 0.3) is 0 Å². The number of nitrogens with one attached hydrogen (secondary N) is 1. The monoisotopic (exact) mass is 292 g/mol. The summed E-state index contributed by atoms with van der Waals surface area (Å²) in [6.07, 6.45) is 3.74. The third-order valence-corrected chi connectivity index (χ3v) is 4.73. The van der Waals surface area contributed by atoms with Gasteiger partial charge in [-0.1, -0.05) is 13.3 Å². The maximum atomic E-state index is 12.1. The summed E-state index contributed by atoms with van der Waals surface area (Å²) in [7, 11) is 0. The second kappa shape index (κ2) is 7.07. The van der Waals surface area contributed by atoms with E-state index in [2.05, 4.69) is 22.2 Å². The van der Waals surface area contributed by atoms with E-state index < -0.39 is 0 Å². The van der Waals surface area contributed by atoms with Crippen molar-refractivity contribution < 1.29 is 4.79 Å². The number of rotatable bonds is 5. The Morgan fingerprint density at radius 3 is 2.71 bits per heavy atom. The number of likely N-dealkylation sites (N-methyl/N-ethyl adjacent to an activating group) is 1. The minimum atomic E-state index is 0.0576. The van der Waals surface area contributed by atoms with Crippen LogP contribution in [0.15, 0.2) is 0 Å². The summed E-state index contributed by atoms with van der Waals surface area (Å²) in [4.78, 5) is 14.6. The van der Waals surface area contributed by atoms with Crippen molar-refractivity contribution in [1.82, 2.24) is 20.0 Å². The van der Waals surface area contributed by atoms with Crippen LogP contribution >= 0.6 is 0 Å². The average molecular weight is 292 g/mol. The summed E-state index contributed by atoms with van der Waals surface area (Å²) in [5, 5.41) is 7.50. The van der Waals surface area contributed by atoms with Crippen LogP contribution in [0, 0.1) is 20.8 Å². The van der Waals surface area contributed by atoms with Gasteiger partial charge in [-0.3, -0.25) is 14.4 Å². The molecule has 118 valence electrons. The molecule has 1 atom stereocenters. The highest BCUT2D eigenvalue weighted by atomic mass is 16.2. The lowest BCUT2D eigenvalue weighted by Gasteiger charge is -2.34. The molecule has 0 spiro atoms. The van der Waals surface area contributed by atoms with Crippen molar-refractivity contribution in [3.8, 4) is 0 Å². The number of aryl methyl sites for hydroxylation is 1. The third-order valence-electron chi connectivity index (χ3n) is 4.73. The predicted molar refractivity (Wildman–Crippen MR) is 84.3 cm³/mol. The number of carbonyl (C=O) groups is 1. The average Bonchev–Trinajstić information content (AvgIpc) is 2.72. The SMILES string of the molecule is CCN1CCCC[C@@H]1CNC(=O)Cn1nc(C)c(C)c1C. The second-order valence-corrected chi connectivity index (χ2v) is 6.04. The molecule has 1 fully saturated rings. The van der Waals surface area contributed by atoms with Crippen LogP contribution in [0.5, 0.6) is 0 Å². The molecule has 0 saturated carbocycles. The number of piperidine rings is 1. The zero-order valence-electron chi connectivity index (χ0n) is 13.8. The van der Waals surface area contributed by atoms with Crippen molar-refractivity contribution in [1.29, 1.82) is 0 Å². The summed E-state index contributed by atoms with van der Waals surface area (Å²) in [5.41, 5.74) is 3.26. The summed E-state index contributed by atoms with van der Waals surface area (Å²) in [6, 6.07) is 0.495. The Morgan fingerprint density at radius 1 is 1.33 bits per heavy atom. The van der Waals surface area contributed by atoms with Crippen LogP contribution in [0.2, 0.25) is 0 Å². The highest BCUT2D eigenvalue weighted by Crippen LogP contribution is 2.15. The number of hydrogen-bond acceptors (Lipinski definition) is 3. The molecule has 2 rings (SSSR count). The van der Waals surface area contributed by atoms with Crippen LogP contribution in [0.3, 0.4) is 0 Å². The molecule has 0 bridgehead atoms. The molecule has 1 saturated heterocycles. The highest BCUT2D eigenvalue weighted by Gasteiger charge is 2.21. The fourth-order valence-corrected chi connectivity index (χ4v) is 3.07. The molecule has 5 heteroatoms. The van der Waals surface area contributed by atoms with Crippen LogP contribution in [-0.2, 0) is 11.3 Å². The summed E-state index contributed by atoms with van der Waals surface area (Å²) in [6.45, 7) is 11.5. The van der Waals surface area contributed by atoms with Crippen molar-refractivity contribution in [3.05, 3.63) is 17.0 Å². The Bertz CT molecular complexity index is 495. The van der Waals surface area contributed by atoms with E-state index in [1.807, 2.05) is 20.8 Å². The Labute approximate surface area is 127 Å². The molecule has 1 aromatic rings. The summed E-state index contributed by atoms with van der Waals surface area (Å²) < 4.78 is 1.80. The van der Waals surface area contributed by atoms with E-state index in [1.165, 1.54) is 24.8 Å². The van der Waals surface area contributed by atoms with Crippen molar-refractivity contribution in [2.75, 3.05) is 19.6 Å². The van der Waals surface area contributed by atoms with Gasteiger partial charge >= 0.3 is 0 Å². The van der Waals surface area contributed by atoms with E-state index in [-0.39, 0.29) is 5.91 Å². The van der Waals surface area contributed by atoms with E-state index in [0.717, 1.165) is 31.0 Å². The van der Waals surface area contributed by atoms with Gasteiger partial charge in [0.05, 0.1) is 5.69 Å². The molecule has 0 aliphatic carbocycles. The van der Waals surface area contributed by atoms with Gasteiger partial charge < -0.3 is 5.32 Å². The van der Waals surface area contributed by atoms with E-state index in [9.17, 15) is 4.79 Å². The van der Waals surface area contributed by atoms with Gasteiger partial charge in [-0.15, -0.1) is 0 Å². The van der Waals surface area contributed by atoms with Gasteiger partial charge in [0.2, 0.25) is 5.91 Å². The van der Waals surface area contributed by atoms with Gasteiger partial charge in [0.1, 0.15) is 6.54 Å². The topological polar surface area (TPSA) is 50.2 Å². The first kappa shape index (κ1) is 16.0. The standard InChI is InChI=1S/C16H28N4O/c1-5-19-9-7-6-8-15(19)10-17-16(21)11-20-14(4)12(2)13(3)18-20/h15H,5-11H2,1-4H3,(H,17,21)/t15-/m1/s1. The Morgan fingerprint density at radius 2 is 2.10 bits per heavy atom. The minimum absolute atomic E-state index is 0.0576. The molecule has 1 aliphatic rings. The van der Waals surface area contributed by atoms with Crippen LogP contribution < -0.4 is 5.32 Å². The molecule has 21 heavy (non-hydrogen) atoms. The van der Waals surface area contributed by atoms with Gasteiger partial charge in [0.15, 0.2) is 0 Å². The number of hydrogen-bond donors (Lipinski definition) is 1. The summed E-state index contributed by atoms with van der Waals surface area (Å²) >= 11 is 0. The van der Waals surface area contributed by atoms with Gasteiger partial charge in [-0.05, 0) is 52.3 Å². The van der Waals surface area contributed by atoms with E-state index in [4.69, 9.17) is 0 Å². The number of nitrogens with zero attached hydrogens (tertiary/aromatic N) is 3. The molecule has 0 radical (unpaired) electrons. The fourth-order valence-electron chi connectivity index (χ4n) is 3.07. The molecule has 5 nitrogen and oxygen atoms in total. The highest BCUT2D eigenvalue weighted by molar-refractivity contribution is 5.75. The Hall–Kier alpha value is -1.36. The molecule has 1 amide bonds. The lowest BCUT2D eigenvalue weighted by Crippen LogP contribution is -2.47. The smallest absolute Gasteiger partial charge is 0.241 e. The molecular weight excluding hydrogens is 264 g/mol. The van der Waals surface area contributed by atoms with Crippen LogP contribution in [0.25, 0.3) is 0 Å². The quantitative estimate of drug-likeness (QED) is 0.900. The van der Waals surface area contributed by atoms with Crippen LogP contribution in [0.1, 0.15) is 43.1 Å². The molecule has 0 unspecified atom stereocenters. The van der Waals surface area contributed by atoms with Gasteiger partial charge in [-0.2, -0.15) is 5.10 Å². The number of aromatic nitrogens is 2. The first-order valence-corrected chi connectivity index (χ1v) is 8.04. The number of amides is 1. The van der Waals surface area contributed by atoms with E-state index >= 15 is 0 Å². The van der Waals surface area contributed by atoms with Crippen molar-refractivity contribution >= 4 is 5.91 Å². The normalized spacial score (nSPS) is 19.7. The molecule has 1 aliphatic heterocycles. The zero-order chi connectivity index (χ0) is 15.4. The lowest BCUT2D eigenvalue weighted by atomic mass is 10.0. The molecule has 2 heterocycles. The maximum Gasteiger partial charge on any atom is 0.241 e. The van der Waals surface area contributed by atoms with Crippen LogP contribution in [0.4, 0.5) is 0 Å². The minimum Gasteiger partial charge on any atom is -0.353 e. The number of likely N-dealkylation sites (tertiary alicyclic amines) is 1. The molecular formula is C16H28N4O. The molecule has 1 N–H and O–H groups in total. The van der Waals surface area contributed by atoms with E-state index in [1.54, 1.807) is 4.68 Å². The lowest BCUT2D eigenvalue weighted by molar-refractivity contribution is -0.122. The van der Waals surface area contributed by atoms with Crippen molar-refractivity contribution in [2.24, 2.45) is 0 Å². The summed E-state index contributed by atoms with van der Waals surface area (Å²) in [5.74, 6) is 0.0576. The Balaban J connectivity index is 1.85. The molecule has 0 aromatic carbocycles. The van der Waals surface area contributed by atoms with Gasteiger partial charge in [-0.25, -0.2) is 0 Å². The van der Waals surface area contributed by atoms with E-state index in [0.29, 0.717) is 12.6 Å². The first-order chi connectivity index (χ1) is 10.0. The largest absolute Gasteiger partial charge is 0.353 e. The maximum absolute atomic E-state index is 12.1.